The number of alkyl halides is 3. The van der Waals surface area contributed by atoms with Crippen LogP contribution in [0.5, 0.6) is 0 Å². The van der Waals surface area contributed by atoms with Crippen molar-refractivity contribution in [2.24, 2.45) is 0 Å². The van der Waals surface area contributed by atoms with Crippen molar-refractivity contribution < 1.29 is 28.5 Å². The minimum atomic E-state index is -2.19. The Balaban J connectivity index is 1.68. The molecule has 1 N–H and O–H groups in total. The van der Waals surface area contributed by atoms with Gasteiger partial charge in [0.1, 0.15) is 24.4 Å². The van der Waals surface area contributed by atoms with Gasteiger partial charge in [-0.05, 0) is 16.7 Å². The molecule has 4 rings (SSSR count). The van der Waals surface area contributed by atoms with Gasteiger partial charge in [0, 0.05) is 7.11 Å². The van der Waals surface area contributed by atoms with Gasteiger partial charge in [0.2, 0.25) is 0 Å². The number of hydrogen-bond donors (Lipinski definition) is 1. The summed E-state index contributed by atoms with van der Waals surface area (Å²) in [5.41, 5.74) is 2.87. The van der Waals surface area contributed by atoms with Gasteiger partial charge in [-0.1, -0.05) is 132 Å². The average molecular weight is 635 g/mol. The van der Waals surface area contributed by atoms with E-state index in [1.807, 2.05) is 91.0 Å². The van der Waals surface area contributed by atoms with Crippen LogP contribution in [0.25, 0.3) is 0 Å². The van der Waals surface area contributed by atoms with Crippen LogP contribution in [0.3, 0.4) is 0 Å². The van der Waals surface area contributed by atoms with Crippen molar-refractivity contribution >= 4 is 40.7 Å². The second-order valence-corrected chi connectivity index (χ2v) is 12.0. The Morgan fingerprint density at radius 2 is 1.24 bits per heavy atom. The maximum Gasteiger partial charge on any atom is 0.272 e. The van der Waals surface area contributed by atoms with Crippen molar-refractivity contribution in [3.8, 4) is 0 Å². The van der Waals surface area contributed by atoms with Crippen LogP contribution in [0.4, 0.5) is 0 Å². The molecule has 0 spiro atoms. The van der Waals surface area contributed by atoms with Gasteiger partial charge in [0.05, 0.1) is 25.9 Å². The number of methoxy groups -OCH3 is 1. The number of hydrogen-bond acceptors (Lipinski definition) is 6. The molecule has 7 nitrogen and oxygen atoms in total. The summed E-state index contributed by atoms with van der Waals surface area (Å²) in [6, 6.07) is 28.4. The lowest BCUT2D eigenvalue weighted by atomic mass is 9.92. The molecule has 0 radical (unpaired) electrons. The Hall–Kier alpha value is -2.46. The van der Waals surface area contributed by atoms with Gasteiger partial charge in [-0.2, -0.15) is 0 Å². The quantitative estimate of drug-likeness (QED) is 0.180. The first kappa shape index (κ1) is 32.5. The smallest absolute Gasteiger partial charge is 0.272 e. The number of amides is 1. The van der Waals surface area contributed by atoms with E-state index < -0.39 is 46.4 Å². The maximum absolute atomic E-state index is 12.7. The minimum Gasteiger partial charge on any atom is -0.368 e. The first-order chi connectivity index (χ1) is 20.3. The lowest BCUT2D eigenvalue weighted by Gasteiger charge is -2.47. The lowest BCUT2D eigenvalue weighted by molar-refractivity contribution is -0.319. The molecule has 1 aliphatic rings. The van der Waals surface area contributed by atoms with E-state index in [-0.39, 0.29) is 19.8 Å². The van der Waals surface area contributed by atoms with Gasteiger partial charge in [-0.3, -0.25) is 4.79 Å². The summed E-state index contributed by atoms with van der Waals surface area (Å²) in [6.07, 6.45) is -2.39. The van der Waals surface area contributed by atoms with Crippen LogP contribution in [0, 0.1) is 0 Å². The fourth-order valence-corrected chi connectivity index (χ4v) is 4.84. The predicted molar refractivity (Wildman–Crippen MR) is 163 cm³/mol. The second kappa shape index (κ2) is 15.8. The second-order valence-electron chi connectivity index (χ2n) is 9.72. The van der Waals surface area contributed by atoms with Crippen LogP contribution in [-0.2, 0) is 48.3 Å². The van der Waals surface area contributed by atoms with Crippen LogP contribution in [0.15, 0.2) is 104 Å². The highest BCUT2D eigenvalue weighted by molar-refractivity contribution is 6.76. The monoisotopic (exact) mass is 633 g/mol. The van der Waals surface area contributed by atoms with Crippen molar-refractivity contribution in [3.05, 3.63) is 120 Å². The molecule has 42 heavy (non-hydrogen) atoms. The molecule has 0 saturated carbocycles. The van der Waals surface area contributed by atoms with E-state index in [0.29, 0.717) is 0 Å². The summed E-state index contributed by atoms with van der Waals surface area (Å²) < 4.78 is 29.5. The first-order valence-corrected chi connectivity index (χ1v) is 14.6. The number of benzene rings is 3. The third kappa shape index (κ3) is 9.02. The van der Waals surface area contributed by atoms with E-state index in [9.17, 15) is 4.79 Å². The zero-order chi connectivity index (χ0) is 30.0. The van der Waals surface area contributed by atoms with E-state index in [2.05, 4.69) is 11.9 Å². The topological polar surface area (TPSA) is 75.3 Å². The number of carbonyl (C=O) groups excluding carboxylic acids is 1. The molecule has 1 fully saturated rings. The molecule has 0 aliphatic carbocycles. The molecular formula is C32H34Cl3NO6. The first-order valence-electron chi connectivity index (χ1n) is 13.4. The number of nitrogens with one attached hydrogen (secondary N) is 1. The van der Waals surface area contributed by atoms with Crippen LogP contribution >= 0.6 is 34.8 Å². The Morgan fingerprint density at radius 3 is 1.64 bits per heavy atom. The summed E-state index contributed by atoms with van der Waals surface area (Å²) in [7, 11) is 1.52. The molecule has 3 aromatic carbocycles. The number of halogens is 3. The number of ether oxygens (including phenoxy) is 5. The molecular weight excluding hydrogens is 601 g/mol. The third-order valence-electron chi connectivity index (χ3n) is 6.78. The third-order valence-corrected chi connectivity index (χ3v) is 7.30. The van der Waals surface area contributed by atoms with Gasteiger partial charge >= 0.3 is 0 Å². The highest BCUT2D eigenvalue weighted by Gasteiger charge is 2.51. The van der Waals surface area contributed by atoms with Crippen LogP contribution in [0.2, 0.25) is 0 Å². The van der Waals surface area contributed by atoms with Crippen LogP contribution < -0.4 is 5.32 Å². The highest BCUT2D eigenvalue weighted by Crippen LogP contribution is 2.33. The Bertz CT molecular complexity index is 1250. The zero-order valence-electron chi connectivity index (χ0n) is 23.1. The molecule has 0 bridgehead atoms. The lowest BCUT2D eigenvalue weighted by Crippen LogP contribution is -2.65. The normalized spacial score (nSPS) is 23.2. The van der Waals surface area contributed by atoms with E-state index in [4.69, 9.17) is 58.5 Å². The fourth-order valence-electron chi connectivity index (χ4n) is 4.68. The molecule has 1 aliphatic heterocycles. The van der Waals surface area contributed by atoms with Crippen molar-refractivity contribution in [3.63, 3.8) is 0 Å². The SMILES string of the molecule is C=CC(NC(=O)C(Cl)(Cl)Cl)[C@H]1O[C@H](OC)[C@@H](OCc2ccccc2)[C@@H](OCc2ccccc2)[C@@H]1OCc1ccccc1. The molecule has 1 saturated heterocycles. The van der Waals surface area contributed by atoms with E-state index in [1.54, 1.807) is 0 Å². The standard InChI is InChI=1S/C32H34Cl3NO6/c1-3-25(36-31(37)32(33,34)35)26-27(39-19-22-13-7-4-8-14-22)28(40-20-23-15-9-5-10-16-23)29(30(38-2)42-26)41-21-24-17-11-6-12-18-24/h3-18,25-30H,1,19-21H2,2H3,(H,36,37)/t25?,26-,27-,28+,29+,30+/m1/s1. The highest BCUT2D eigenvalue weighted by atomic mass is 35.6. The molecule has 0 aromatic heterocycles. The van der Waals surface area contributed by atoms with Gasteiger partial charge in [-0.15, -0.1) is 6.58 Å². The minimum absolute atomic E-state index is 0.238. The van der Waals surface area contributed by atoms with Crippen molar-refractivity contribution in [2.45, 2.75) is 60.4 Å². The number of rotatable bonds is 13. The van der Waals surface area contributed by atoms with E-state index in [0.717, 1.165) is 16.7 Å². The summed E-state index contributed by atoms with van der Waals surface area (Å²) >= 11 is 17.6. The molecule has 1 heterocycles. The van der Waals surface area contributed by atoms with E-state index >= 15 is 0 Å². The molecule has 1 unspecified atom stereocenters. The molecule has 224 valence electrons. The van der Waals surface area contributed by atoms with Gasteiger partial charge < -0.3 is 29.0 Å². The van der Waals surface area contributed by atoms with Gasteiger partial charge in [0.25, 0.3) is 9.70 Å². The Morgan fingerprint density at radius 1 is 0.810 bits per heavy atom. The predicted octanol–water partition coefficient (Wildman–Crippen LogP) is 6.15. The fraction of sp³-hybridized carbons (Fsp3) is 0.344. The summed E-state index contributed by atoms with van der Waals surface area (Å²) in [4.78, 5) is 12.7. The van der Waals surface area contributed by atoms with Gasteiger partial charge in [0.15, 0.2) is 6.29 Å². The molecule has 3 aromatic rings. The van der Waals surface area contributed by atoms with Crippen molar-refractivity contribution in [2.75, 3.05) is 7.11 Å². The molecule has 6 atom stereocenters. The van der Waals surface area contributed by atoms with Crippen LogP contribution in [0.1, 0.15) is 16.7 Å². The molecule has 1 amide bonds. The summed E-state index contributed by atoms with van der Waals surface area (Å²) in [6.45, 7) is 4.68. The van der Waals surface area contributed by atoms with Crippen molar-refractivity contribution in [1.29, 1.82) is 0 Å². The average Bonchev–Trinajstić information content (AvgIpc) is 3.01. The van der Waals surface area contributed by atoms with E-state index in [1.165, 1.54) is 13.2 Å². The van der Waals surface area contributed by atoms with Crippen molar-refractivity contribution in [1.82, 2.24) is 5.32 Å². The summed E-state index contributed by atoms with van der Waals surface area (Å²) in [5.74, 6) is -0.832. The zero-order valence-corrected chi connectivity index (χ0v) is 25.4. The largest absolute Gasteiger partial charge is 0.368 e. The van der Waals surface area contributed by atoms with Crippen LogP contribution in [-0.4, -0.2) is 53.6 Å². The number of carbonyl (C=O) groups is 1. The molecule has 10 heteroatoms. The maximum atomic E-state index is 12.7. The van der Waals surface area contributed by atoms with Gasteiger partial charge in [-0.25, -0.2) is 0 Å². The Kier molecular flexibility index (Phi) is 12.2. The Labute approximate surface area is 261 Å². The summed E-state index contributed by atoms with van der Waals surface area (Å²) in [5, 5.41) is 2.71.